The lowest BCUT2D eigenvalue weighted by atomic mass is 9.84. The number of esters is 1. The van der Waals surface area contributed by atoms with Gasteiger partial charge in [0.2, 0.25) is 0 Å². The molecule has 0 aliphatic rings. The number of rotatable bonds is 11. The van der Waals surface area contributed by atoms with E-state index in [-0.39, 0.29) is 6.92 Å². The van der Waals surface area contributed by atoms with Crippen molar-refractivity contribution >= 4 is 5.97 Å². The molecule has 0 aromatic rings. The highest BCUT2D eigenvalue weighted by Gasteiger charge is 3.00. The molecule has 0 aromatic carbocycles. The molecular weight excluding hydrogens is 699 g/mol. The predicted octanol–water partition coefficient (Wildman–Crippen LogP) is 8.61. The molecule has 0 rings (SSSR count). The average Bonchev–Trinajstić information content (AvgIpc) is 2.75. The third-order valence-corrected chi connectivity index (χ3v) is 4.86. The van der Waals surface area contributed by atoms with Crippen LogP contribution >= 0.6 is 0 Å². The lowest BCUT2D eigenvalue weighted by molar-refractivity contribution is -0.494. The number of alkyl halides is 25. The van der Waals surface area contributed by atoms with Crippen LogP contribution in [0, 0.1) is 0 Å². The van der Waals surface area contributed by atoms with Crippen LogP contribution in [0.5, 0.6) is 0 Å². The maximum atomic E-state index is 14.8. The minimum atomic E-state index is -9.52. The summed E-state index contributed by atoms with van der Waals surface area (Å²) in [4.78, 5) is 11.2. The first-order chi connectivity index (χ1) is 18.1. The minimum absolute atomic E-state index is 0.172. The normalized spacial score (nSPS) is 17.4. The molecule has 0 aromatic heterocycles. The Morgan fingerprint density at radius 1 is 0.395 bits per heavy atom. The summed E-state index contributed by atoms with van der Waals surface area (Å²) in [7, 11) is 0. The summed E-state index contributed by atoms with van der Waals surface area (Å²) in [5, 5.41) is 0. The van der Waals surface area contributed by atoms with Gasteiger partial charge in [-0.15, -0.1) is 0 Å². The molecule has 0 amide bonds. The van der Waals surface area contributed by atoms with Crippen LogP contribution in [-0.2, 0) is 9.53 Å². The molecule has 0 fully saturated rings. The molecule has 0 N–H and O–H groups in total. The molecule has 0 spiro atoms. The van der Waals surface area contributed by atoms with Crippen molar-refractivity contribution in [2.45, 2.75) is 78.4 Å². The largest absolute Gasteiger partial charge is 0.460 e. The van der Waals surface area contributed by atoms with Gasteiger partial charge < -0.3 is 4.74 Å². The van der Waals surface area contributed by atoms with Gasteiger partial charge in [0.05, 0.1) is 0 Å². The smallest absolute Gasteiger partial charge is 0.413 e. The second-order valence-corrected chi connectivity index (χ2v) is 7.93. The quantitative estimate of drug-likeness (QED) is 0.122. The van der Waals surface area contributed by atoms with Crippen LogP contribution in [0.15, 0.2) is 12.2 Å². The summed E-state index contributed by atoms with van der Waals surface area (Å²) in [5.74, 6) is -95.5. The Morgan fingerprint density at radius 3 is 0.767 bits per heavy atom. The number of halogens is 25. The van der Waals surface area contributed by atoms with Gasteiger partial charge in [0.15, 0.2) is 0 Å². The molecule has 0 aliphatic carbocycles. The van der Waals surface area contributed by atoms with Crippen LogP contribution in [0.1, 0.15) is 6.92 Å². The number of hydrogen-bond donors (Lipinski definition) is 0. The van der Waals surface area contributed by atoms with E-state index in [0.29, 0.717) is 0 Å². The topological polar surface area (TPSA) is 26.3 Å². The number of ether oxygens (including phenoxy) is 1. The van der Waals surface area contributed by atoms with E-state index in [1.807, 2.05) is 4.74 Å². The van der Waals surface area contributed by atoms with Crippen LogP contribution in [0.25, 0.3) is 0 Å². The van der Waals surface area contributed by atoms with Gasteiger partial charge >= 0.3 is 77.5 Å². The van der Waals surface area contributed by atoms with E-state index in [1.165, 1.54) is 0 Å². The summed E-state index contributed by atoms with van der Waals surface area (Å²) in [6.45, 7) is 1.91. The minimum Gasteiger partial charge on any atom is -0.413 e. The highest BCUT2D eigenvalue weighted by Crippen LogP contribution is 2.67. The first-order valence-corrected chi connectivity index (χ1v) is 9.19. The molecule has 0 radical (unpaired) electrons. The monoisotopic (exact) mass is 704 g/mol. The van der Waals surface area contributed by atoms with Crippen molar-refractivity contribution in [2.75, 3.05) is 0 Å². The Balaban J connectivity index is 8.00. The van der Waals surface area contributed by atoms with Crippen LogP contribution in [0.3, 0.4) is 0 Å². The number of hydrogen-bond acceptors (Lipinski definition) is 2. The van der Waals surface area contributed by atoms with Gasteiger partial charge in [-0.25, -0.2) is 4.79 Å². The van der Waals surface area contributed by atoms with Crippen molar-refractivity contribution in [3.63, 3.8) is 0 Å². The first kappa shape index (κ1) is 40.5. The SMILES string of the molecule is C=C(C)C(=O)OC(F)(C(F)(F)C(F)(F)C(F)(F)C(F)(F)C(F)(F)F)C(F)(F)C(F)(F)C(F)(F)C(F)(F)C(F)(F)C(F)(F)F. The molecule has 256 valence electrons. The molecule has 1 atom stereocenters. The second-order valence-electron chi connectivity index (χ2n) is 7.93. The van der Waals surface area contributed by atoms with Gasteiger partial charge in [0.25, 0.3) is 0 Å². The zero-order chi connectivity index (χ0) is 35.9. The molecule has 0 saturated heterocycles. The Labute approximate surface area is 217 Å². The summed E-state index contributed by atoms with van der Waals surface area (Å²) < 4.78 is 335. The fraction of sp³-hybridized carbons (Fsp3) is 0.812. The van der Waals surface area contributed by atoms with Crippen molar-refractivity contribution in [2.24, 2.45) is 0 Å². The van der Waals surface area contributed by atoms with E-state index in [9.17, 15) is 115 Å². The lowest BCUT2D eigenvalue weighted by Gasteiger charge is -2.47. The van der Waals surface area contributed by atoms with E-state index in [2.05, 4.69) is 6.58 Å². The van der Waals surface area contributed by atoms with Crippen molar-refractivity contribution < 1.29 is 119 Å². The molecule has 43 heavy (non-hydrogen) atoms. The van der Waals surface area contributed by atoms with Gasteiger partial charge in [0, 0.05) is 5.57 Å². The molecule has 1 unspecified atom stereocenters. The maximum absolute atomic E-state index is 14.8. The Hall–Kier alpha value is -2.54. The van der Waals surface area contributed by atoms with E-state index in [0.717, 1.165) is 0 Å². The molecule has 0 bridgehead atoms. The third kappa shape index (κ3) is 4.98. The number of carbonyl (C=O) groups excluding carboxylic acids is 1. The Morgan fingerprint density at radius 2 is 0.581 bits per heavy atom. The fourth-order valence-corrected chi connectivity index (χ4v) is 2.29. The average molecular weight is 704 g/mol. The standard InChI is InChI=1S/C16H5F25O2/c1-3(2)4(42)43-14(35,11(29,30)7(21,22)9(25,26)13(33,34)16(39,40)41)10(27,28)6(19,20)5(17,18)8(23,24)12(31,32)15(36,37)38/h1H2,2H3. The van der Waals surface area contributed by atoms with E-state index < -0.39 is 83.1 Å². The molecule has 0 heterocycles. The van der Waals surface area contributed by atoms with Gasteiger partial charge in [-0.05, 0) is 6.92 Å². The predicted molar refractivity (Wildman–Crippen MR) is 81.4 cm³/mol. The first-order valence-electron chi connectivity index (χ1n) is 9.19. The Kier molecular flexibility index (Phi) is 9.39. The summed E-state index contributed by atoms with van der Waals surface area (Å²) >= 11 is 0. The summed E-state index contributed by atoms with van der Waals surface area (Å²) in [6.07, 6.45) is -16.4. The third-order valence-electron chi connectivity index (χ3n) is 4.86. The summed E-state index contributed by atoms with van der Waals surface area (Å²) in [6, 6.07) is 0. The zero-order valence-corrected chi connectivity index (χ0v) is 19.0. The van der Waals surface area contributed by atoms with Gasteiger partial charge in [-0.3, -0.25) is 0 Å². The van der Waals surface area contributed by atoms with Gasteiger partial charge in [0.1, 0.15) is 0 Å². The zero-order valence-electron chi connectivity index (χ0n) is 19.0. The fourth-order valence-electron chi connectivity index (χ4n) is 2.29. The van der Waals surface area contributed by atoms with E-state index in [1.54, 1.807) is 0 Å². The highest BCUT2D eigenvalue weighted by molar-refractivity contribution is 5.87. The maximum Gasteiger partial charge on any atom is 0.460 e. The van der Waals surface area contributed by atoms with Crippen LogP contribution in [0.4, 0.5) is 110 Å². The van der Waals surface area contributed by atoms with Crippen molar-refractivity contribution in [3.05, 3.63) is 12.2 Å². The molecule has 0 aliphatic heterocycles. The lowest BCUT2D eigenvalue weighted by Crippen LogP contribution is -2.80. The van der Waals surface area contributed by atoms with Crippen molar-refractivity contribution in [1.29, 1.82) is 0 Å². The van der Waals surface area contributed by atoms with Gasteiger partial charge in [-0.2, -0.15) is 110 Å². The number of carbonyl (C=O) groups is 1. The highest BCUT2D eigenvalue weighted by atomic mass is 19.4. The molecule has 2 nitrogen and oxygen atoms in total. The molecule has 27 heteroatoms. The molecule has 0 saturated carbocycles. The van der Waals surface area contributed by atoms with Gasteiger partial charge in [-0.1, -0.05) is 6.58 Å². The second kappa shape index (κ2) is 9.98. The summed E-state index contributed by atoms with van der Waals surface area (Å²) in [5.41, 5.74) is -2.08. The van der Waals surface area contributed by atoms with E-state index >= 15 is 0 Å². The van der Waals surface area contributed by atoms with Crippen molar-refractivity contribution in [1.82, 2.24) is 0 Å². The Bertz CT molecular complexity index is 1080. The van der Waals surface area contributed by atoms with E-state index in [4.69, 9.17) is 0 Å². The van der Waals surface area contributed by atoms with Crippen LogP contribution < -0.4 is 0 Å². The van der Waals surface area contributed by atoms with Crippen LogP contribution in [0.2, 0.25) is 0 Å². The van der Waals surface area contributed by atoms with Crippen LogP contribution in [-0.4, -0.2) is 77.5 Å². The van der Waals surface area contributed by atoms with Crippen molar-refractivity contribution in [3.8, 4) is 0 Å². The molecular formula is C16H5F25O2.